The highest BCUT2D eigenvalue weighted by Gasteiger charge is 2.45. The van der Waals surface area contributed by atoms with Crippen LogP contribution in [-0.2, 0) is 19.9 Å². The predicted molar refractivity (Wildman–Crippen MR) is 101 cm³/mol. The van der Waals surface area contributed by atoms with E-state index in [0.29, 0.717) is 0 Å². The summed E-state index contributed by atoms with van der Waals surface area (Å²) in [7, 11) is -7.75. The molecule has 0 aromatic heterocycles. The summed E-state index contributed by atoms with van der Waals surface area (Å²) in [6, 6.07) is 10.7. The average Bonchev–Trinajstić information content (AvgIpc) is 2.83. The molecule has 1 heterocycles. The number of sulfone groups is 1. The molecule has 2 aromatic carbocycles. The van der Waals surface area contributed by atoms with Gasteiger partial charge in [-0.3, -0.25) is 4.31 Å². The zero-order valence-electron chi connectivity index (χ0n) is 13.3. The first-order valence-electron chi connectivity index (χ1n) is 7.55. The Hall–Kier alpha value is -1.32. The maximum absolute atomic E-state index is 13.3. The van der Waals surface area contributed by atoms with E-state index in [0.717, 1.165) is 4.31 Å². The molecule has 1 aliphatic heterocycles. The van der Waals surface area contributed by atoms with Crippen molar-refractivity contribution in [2.75, 3.05) is 15.8 Å². The van der Waals surface area contributed by atoms with Crippen LogP contribution in [0.2, 0.25) is 10.0 Å². The van der Waals surface area contributed by atoms with Crippen LogP contribution in [0.3, 0.4) is 0 Å². The van der Waals surface area contributed by atoms with Crippen molar-refractivity contribution >= 4 is 48.7 Å². The van der Waals surface area contributed by atoms with Crippen LogP contribution in [-0.4, -0.2) is 45.6 Å². The van der Waals surface area contributed by atoms with Crippen LogP contribution in [0, 0.1) is 0 Å². The van der Waals surface area contributed by atoms with Crippen molar-refractivity contribution in [2.45, 2.75) is 17.0 Å². The molecule has 1 aliphatic rings. The quantitative estimate of drug-likeness (QED) is 0.795. The van der Waals surface area contributed by atoms with E-state index in [1.165, 1.54) is 30.3 Å². The predicted octanol–water partition coefficient (Wildman–Crippen LogP) is 2.35. The van der Waals surface area contributed by atoms with Crippen LogP contribution in [0.4, 0.5) is 5.69 Å². The molecule has 2 atom stereocenters. The SMILES string of the molecule is O=S1(=O)C[C@@H](O)[C@@H](N(c2ccccc2)S(=O)(=O)c2ccc(Cl)c(Cl)c2)C1. The van der Waals surface area contributed by atoms with Crippen molar-refractivity contribution in [3.8, 4) is 0 Å². The number of anilines is 1. The molecule has 0 bridgehead atoms. The van der Waals surface area contributed by atoms with Crippen LogP contribution >= 0.6 is 23.2 Å². The summed E-state index contributed by atoms with van der Waals surface area (Å²) in [4.78, 5) is -0.146. The van der Waals surface area contributed by atoms with Gasteiger partial charge in [-0.05, 0) is 30.3 Å². The van der Waals surface area contributed by atoms with Gasteiger partial charge >= 0.3 is 0 Å². The Balaban J connectivity index is 2.16. The maximum Gasteiger partial charge on any atom is 0.264 e. The van der Waals surface area contributed by atoms with E-state index in [1.54, 1.807) is 18.2 Å². The fraction of sp³-hybridized carbons (Fsp3) is 0.250. The van der Waals surface area contributed by atoms with E-state index in [-0.39, 0.29) is 20.6 Å². The lowest BCUT2D eigenvalue weighted by atomic mass is 10.2. The summed E-state index contributed by atoms with van der Waals surface area (Å²) in [5.74, 6) is -0.957. The molecule has 1 N–H and O–H groups in total. The molecule has 3 rings (SSSR count). The molecule has 0 amide bonds. The molecule has 1 fully saturated rings. The van der Waals surface area contributed by atoms with Crippen molar-refractivity contribution in [3.63, 3.8) is 0 Å². The van der Waals surface area contributed by atoms with Gasteiger partial charge in [-0.25, -0.2) is 16.8 Å². The third-order valence-corrected chi connectivity index (χ3v) is 8.34. The third-order valence-electron chi connectivity index (χ3n) is 4.05. The Morgan fingerprint density at radius 2 is 1.65 bits per heavy atom. The van der Waals surface area contributed by atoms with Gasteiger partial charge < -0.3 is 5.11 Å². The fourth-order valence-electron chi connectivity index (χ4n) is 2.87. The van der Waals surface area contributed by atoms with Crippen molar-refractivity contribution in [2.24, 2.45) is 0 Å². The zero-order chi connectivity index (χ0) is 19.1. The van der Waals surface area contributed by atoms with Gasteiger partial charge in [-0.1, -0.05) is 41.4 Å². The van der Waals surface area contributed by atoms with Crippen molar-refractivity contribution in [1.82, 2.24) is 0 Å². The summed E-state index contributed by atoms with van der Waals surface area (Å²) >= 11 is 11.8. The van der Waals surface area contributed by atoms with E-state index in [1.807, 2.05) is 0 Å². The number of nitrogens with zero attached hydrogens (tertiary/aromatic N) is 1. The van der Waals surface area contributed by atoms with Crippen molar-refractivity contribution < 1.29 is 21.9 Å². The van der Waals surface area contributed by atoms with Crippen molar-refractivity contribution in [3.05, 3.63) is 58.6 Å². The topological polar surface area (TPSA) is 91.8 Å². The van der Waals surface area contributed by atoms with Crippen LogP contribution in [0.1, 0.15) is 0 Å². The molecule has 0 radical (unpaired) electrons. The van der Waals surface area contributed by atoms with Crippen LogP contribution < -0.4 is 4.31 Å². The van der Waals surface area contributed by atoms with Gasteiger partial charge in [-0.2, -0.15) is 0 Å². The Bertz CT molecular complexity index is 1030. The van der Waals surface area contributed by atoms with Gasteiger partial charge in [0, 0.05) is 0 Å². The van der Waals surface area contributed by atoms with Crippen LogP contribution in [0.5, 0.6) is 0 Å². The number of halogens is 2. The van der Waals surface area contributed by atoms with E-state index < -0.39 is 43.5 Å². The number of sulfonamides is 1. The van der Waals surface area contributed by atoms with E-state index in [4.69, 9.17) is 23.2 Å². The zero-order valence-corrected chi connectivity index (χ0v) is 16.4. The normalized spacial score (nSPS) is 22.3. The Morgan fingerprint density at radius 3 is 2.19 bits per heavy atom. The number of aliphatic hydroxyl groups is 1. The number of aliphatic hydroxyl groups excluding tert-OH is 1. The second kappa shape index (κ2) is 7.01. The highest BCUT2D eigenvalue weighted by atomic mass is 35.5. The average molecular weight is 436 g/mol. The van der Waals surface area contributed by atoms with E-state index in [2.05, 4.69) is 0 Å². The third kappa shape index (κ3) is 3.70. The summed E-state index contributed by atoms with van der Waals surface area (Å²) in [6.07, 6.45) is -1.34. The smallest absolute Gasteiger partial charge is 0.264 e. The summed E-state index contributed by atoms with van der Waals surface area (Å²) < 4.78 is 51.3. The molecule has 0 aliphatic carbocycles. The van der Waals surface area contributed by atoms with E-state index in [9.17, 15) is 21.9 Å². The molecule has 0 unspecified atom stereocenters. The van der Waals surface area contributed by atoms with Gasteiger partial charge in [0.15, 0.2) is 9.84 Å². The monoisotopic (exact) mass is 435 g/mol. The standard InChI is InChI=1S/C16H15Cl2NO5S2/c17-13-7-6-12(8-14(13)18)26(23,24)19(11-4-2-1-3-5-11)15-9-25(21,22)10-16(15)20/h1-8,15-16,20H,9-10H2/t15-,16+/m0/s1. The molecule has 2 aromatic rings. The fourth-order valence-corrected chi connectivity index (χ4v) is 6.80. The molecule has 6 nitrogen and oxygen atoms in total. The molecule has 10 heteroatoms. The molecule has 0 saturated carbocycles. The lowest BCUT2D eigenvalue weighted by Crippen LogP contribution is -2.47. The number of hydrogen-bond acceptors (Lipinski definition) is 5. The highest BCUT2D eigenvalue weighted by molar-refractivity contribution is 7.93. The van der Waals surface area contributed by atoms with E-state index >= 15 is 0 Å². The van der Waals surface area contributed by atoms with Gasteiger partial charge in [0.2, 0.25) is 0 Å². The summed E-state index contributed by atoms with van der Waals surface area (Å²) in [5.41, 5.74) is 0.250. The van der Waals surface area contributed by atoms with Crippen LogP contribution in [0.25, 0.3) is 0 Å². The minimum atomic E-state index is -4.19. The number of hydrogen-bond donors (Lipinski definition) is 1. The molecule has 1 saturated heterocycles. The Kier molecular flexibility index (Phi) is 5.24. The number of benzene rings is 2. The Morgan fingerprint density at radius 1 is 1.00 bits per heavy atom. The van der Waals surface area contributed by atoms with Gasteiger partial charge in [0.1, 0.15) is 0 Å². The first kappa shape index (κ1) is 19.4. The molecule has 140 valence electrons. The van der Waals surface area contributed by atoms with Crippen molar-refractivity contribution in [1.29, 1.82) is 0 Å². The summed E-state index contributed by atoms with van der Waals surface area (Å²) in [6.45, 7) is 0. The summed E-state index contributed by atoms with van der Waals surface area (Å²) in [5, 5.41) is 10.5. The minimum absolute atomic E-state index is 0.0559. The molecular weight excluding hydrogens is 421 g/mol. The first-order valence-corrected chi connectivity index (χ1v) is 11.6. The maximum atomic E-state index is 13.3. The number of para-hydroxylation sites is 1. The van der Waals surface area contributed by atoms with Gasteiger partial charge in [0.25, 0.3) is 10.0 Å². The molecular formula is C16H15Cl2NO5S2. The van der Waals surface area contributed by atoms with Crippen LogP contribution in [0.15, 0.2) is 53.4 Å². The lowest BCUT2D eigenvalue weighted by Gasteiger charge is -2.31. The van der Waals surface area contributed by atoms with Gasteiger partial charge in [0.05, 0.1) is 44.3 Å². The lowest BCUT2D eigenvalue weighted by molar-refractivity contribution is 0.184. The first-order chi connectivity index (χ1) is 12.1. The van der Waals surface area contributed by atoms with Gasteiger partial charge in [-0.15, -0.1) is 0 Å². The largest absolute Gasteiger partial charge is 0.390 e. The second-order valence-corrected chi connectivity index (χ2v) is 10.7. The molecule has 26 heavy (non-hydrogen) atoms. The Labute approximate surface area is 161 Å². The highest BCUT2D eigenvalue weighted by Crippen LogP contribution is 2.33. The number of rotatable bonds is 4. The minimum Gasteiger partial charge on any atom is -0.390 e. The second-order valence-electron chi connectivity index (χ2n) is 5.92. The molecule has 0 spiro atoms.